The van der Waals surface area contributed by atoms with Crippen molar-refractivity contribution in [1.29, 1.82) is 0 Å². The van der Waals surface area contributed by atoms with Gasteiger partial charge in [-0.2, -0.15) is 5.10 Å². The van der Waals surface area contributed by atoms with Crippen LogP contribution in [0, 0.1) is 6.92 Å². The molecule has 0 saturated carbocycles. The first kappa shape index (κ1) is 23.4. The molecule has 3 aromatic rings. The molecule has 1 atom stereocenters. The lowest BCUT2D eigenvalue weighted by Crippen LogP contribution is -2.47. The van der Waals surface area contributed by atoms with E-state index in [9.17, 15) is 9.59 Å². The number of carbonyl (C=O) groups excluding carboxylic acids is 2. The molecule has 0 bridgehead atoms. The summed E-state index contributed by atoms with van der Waals surface area (Å²) in [6.45, 7) is 2.72. The van der Waals surface area contributed by atoms with Crippen molar-refractivity contribution in [2.24, 2.45) is 5.73 Å². The average Bonchev–Trinajstić information content (AvgIpc) is 3.50. The molecule has 9 nitrogen and oxygen atoms in total. The maximum Gasteiger partial charge on any atom is 0.243 e. The molecule has 0 radical (unpaired) electrons. The number of nitrogens with zero attached hydrogens (tertiary/aromatic N) is 5. The van der Waals surface area contributed by atoms with Gasteiger partial charge in [-0.25, -0.2) is 9.67 Å². The molecule has 32 heavy (non-hydrogen) atoms. The van der Waals surface area contributed by atoms with Gasteiger partial charge in [0.15, 0.2) is 0 Å². The molecule has 1 saturated heterocycles. The Morgan fingerprint density at radius 3 is 2.75 bits per heavy atom. The number of rotatable bonds is 5. The maximum absolute atomic E-state index is 12.5. The van der Waals surface area contributed by atoms with Crippen LogP contribution >= 0.6 is 11.6 Å². The van der Waals surface area contributed by atoms with Gasteiger partial charge in [0.05, 0.1) is 12.2 Å². The molecule has 2 amide bonds. The molecule has 0 spiro atoms. The summed E-state index contributed by atoms with van der Waals surface area (Å²) >= 11 is 6.08. The number of amides is 2. The molecule has 1 aliphatic rings. The summed E-state index contributed by atoms with van der Waals surface area (Å²) in [4.78, 5) is 33.8. The van der Waals surface area contributed by atoms with Crippen LogP contribution in [0.2, 0.25) is 5.02 Å². The SMILES string of the molecule is Cc1ccccn1.NCC(=O)N1CCC[C@H]1C(=O)NCc1cc(Cl)ccc1-n1cncn1. The Bertz CT molecular complexity index is 1030. The molecule has 168 valence electrons. The number of nitrogens with two attached hydrogens (primary N) is 1. The molecular weight excluding hydrogens is 430 g/mol. The fourth-order valence-electron chi connectivity index (χ4n) is 3.46. The fourth-order valence-corrected chi connectivity index (χ4v) is 3.65. The third-order valence-corrected chi connectivity index (χ3v) is 5.26. The number of aryl methyl sites for hydroxylation is 1. The molecule has 2 aromatic heterocycles. The Labute approximate surface area is 191 Å². The first-order valence-electron chi connectivity index (χ1n) is 10.3. The van der Waals surface area contributed by atoms with Crippen LogP contribution < -0.4 is 11.1 Å². The molecule has 1 aromatic carbocycles. The van der Waals surface area contributed by atoms with E-state index in [1.165, 1.54) is 6.33 Å². The van der Waals surface area contributed by atoms with Crippen molar-refractivity contribution in [1.82, 2.24) is 30.0 Å². The second kappa shape index (κ2) is 11.4. The number of nitrogens with one attached hydrogen (secondary N) is 1. The van der Waals surface area contributed by atoms with Gasteiger partial charge in [0, 0.05) is 30.0 Å². The van der Waals surface area contributed by atoms with Crippen molar-refractivity contribution in [2.75, 3.05) is 13.1 Å². The van der Waals surface area contributed by atoms with E-state index in [1.54, 1.807) is 34.2 Å². The number of benzene rings is 1. The van der Waals surface area contributed by atoms with Crippen LogP contribution in [0.25, 0.3) is 5.69 Å². The van der Waals surface area contributed by atoms with Crippen molar-refractivity contribution in [3.8, 4) is 5.69 Å². The highest BCUT2D eigenvalue weighted by Crippen LogP contribution is 2.20. The number of carbonyl (C=O) groups is 2. The molecule has 1 fully saturated rings. The number of pyridine rings is 1. The monoisotopic (exact) mass is 455 g/mol. The summed E-state index contributed by atoms with van der Waals surface area (Å²) in [5, 5.41) is 7.56. The number of aromatic nitrogens is 4. The van der Waals surface area contributed by atoms with Gasteiger partial charge in [-0.05, 0) is 55.7 Å². The summed E-state index contributed by atoms with van der Waals surface area (Å²) in [6, 6.07) is 10.7. The lowest BCUT2D eigenvalue weighted by atomic mass is 10.1. The van der Waals surface area contributed by atoms with Crippen LogP contribution in [0.1, 0.15) is 24.1 Å². The van der Waals surface area contributed by atoms with Gasteiger partial charge in [0.1, 0.15) is 18.7 Å². The summed E-state index contributed by atoms with van der Waals surface area (Å²) in [6.07, 6.45) is 6.24. The second-order valence-corrected chi connectivity index (χ2v) is 7.69. The summed E-state index contributed by atoms with van der Waals surface area (Å²) in [5.74, 6) is -0.396. The normalized spacial score (nSPS) is 15.1. The molecule has 3 N–H and O–H groups in total. The number of likely N-dealkylation sites (tertiary alicyclic amines) is 1. The van der Waals surface area contributed by atoms with Crippen LogP contribution in [-0.2, 0) is 16.1 Å². The van der Waals surface area contributed by atoms with Gasteiger partial charge >= 0.3 is 0 Å². The Balaban J connectivity index is 0.000000352. The van der Waals surface area contributed by atoms with Crippen molar-refractivity contribution < 1.29 is 9.59 Å². The van der Waals surface area contributed by atoms with E-state index < -0.39 is 6.04 Å². The highest BCUT2D eigenvalue weighted by Gasteiger charge is 2.33. The third-order valence-electron chi connectivity index (χ3n) is 5.02. The van der Waals surface area contributed by atoms with E-state index in [1.807, 2.05) is 31.2 Å². The summed E-state index contributed by atoms with van der Waals surface area (Å²) in [5.41, 5.74) is 8.08. The van der Waals surface area contributed by atoms with Crippen molar-refractivity contribution in [3.63, 3.8) is 0 Å². The first-order chi connectivity index (χ1) is 15.5. The van der Waals surface area contributed by atoms with Gasteiger partial charge in [0.2, 0.25) is 11.8 Å². The van der Waals surface area contributed by atoms with E-state index in [4.69, 9.17) is 17.3 Å². The van der Waals surface area contributed by atoms with E-state index in [2.05, 4.69) is 20.4 Å². The zero-order valence-electron chi connectivity index (χ0n) is 17.8. The third kappa shape index (κ3) is 6.12. The van der Waals surface area contributed by atoms with Crippen molar-refractivity contribution in [3.05, 3.63) is 71.5 Å². The predicted molar refractivity (Wildman–Crippen MR) is 121 cm³/mol. The molecule has 4 rings (SSSR count). The maximum atomic E-state index is 12.5. The fraction of sp³-hybridized carbons (Fsp3) is 0.318. The Kier molecular flexibility index (Phi) is 8.29. The molecular formula is C22H26ClN7O2. The minimum atomic E-state index is -0.468. The number of hydrogen-bond donors (Lipinski definition) is 2. The van der Waals surface area contributed by atoms with Crippen LogP contribution in [0.15, 0.2) is 55.2 Å². The van der Waals surface area contributed by atoms with Crippen molar-refractivity contribution >= 4 is 23.4 Å². The molecule has 0 unspecified atom stereocenters. The van der Waals surface area contributed by atoms with Crippen LogP contribution in [0.4, 0.5) is 0 Å². The number of hydrogen-bond acceptors (Lipinski definition) is 6. The largest absolute Gasteiger partial charge is 0.350 e. The quantitative estimate of drug-likeness (QED) is 0.606. The van der Waals surface area contributed by atoms with Gasteiger partial charge in [-0.1, -0.05) is 17.7 Å². The molecule has 0 aliphatic carbocycles. The van der Waals surface area contributed by atoms with Crippen molar-refractivity contribution in [2.45, 2.75) is 32.4 Å². The smallest absolute Gasteiger partial charge is 0.243 e. The Hall–Kier alpha value is -3.30. The van der Waals surface area contributed by atoms with Gasteiger partial charge in [0.25, 0.3) is 0 Å². The zero-order valence-corrected chi connectivity index (χ0v) is 18.6. The zero-order chi connectivity index (χ0) is 22.9. The highest BCUT2D eigenvalue weighted by molar-refractivity contribution is 6.30. The molecule has 3 heterocycles. The van der Waals surface area contributed by atoms with E-state index in [-0.39, 0.29) is 24.9 Å². The Morgan fingerprint density at radius 2 is 2.12 bits per heavy atom. The second-order valence-electron chi connectivity index (χ2n) is 7.25. The topological polar surface area (TPSA) is 119 Å². The van der Waals surface area contributed by atoms with Gasteiger partial charge in [-0.3, -0.25) is 14.6 Å². The van der Waals surface area contributed by atoms with E-state index in [0.717, 1.165) is 23.4 Å². The van der Waals surface area contributed by atoms with E-state index >= 15 is 0 Å². The van der Waals surface area contributed by atoms with Gasteiger partial charge < -0.3 is 16.0 Å². The Morgan fingerprint density at radius 1 is 1.28 bits per heavy atom. The lowest BCUT2D eigenvalue weighted by Gasteiger charge is -2.23. The van der Waals surface area contributed by atoms with Crippen LogP contribution in [-0.4, -0.2) is 55.6 Å². The minimum Gasteiger partial charge on any atom is -0.350 e. The minimum absolute atomic E-state index is 0.0888. The standard InChI is InChI=1S/C16H19ClN6O2.C6H7N/c17-12-3-4-13(23-10-19-9-21-23)11(6-12)8-20-16(25)14-2-1-5-22(14)15(24)7-18;1-6-4-2-3-5-7-6/h3-4,6,9-10,14H,1-2,5,7-8,18H2,(H,20,25);2-5H,1H3/t14-;/m0./s1. The predicted octanol–water partition coefficient (Wildman–Crippen LogP) is 1.88. The molecule has 10 heteroatoms. The van der Waals surface area contributed by atoms with Crippen LogP contribution in [0.5, 0.6) is 0 Å². The van der Waals surface area contributed by atoms with Crippen LogP contribution in [0.3, 0.4) is 0 Å². The summed E-state index contributed by atoms with van der Waals surface area (Å²) < 4.78 is 1.61. The van der Waals surface area contributed by atoms with Gasteiger partial charge in [-0.15, -0.1) is 0 Å². The average molecular weight is 456 g/mol. The summed E-state index contributed by atoms with van der Waals surface area (Å²) in [7, 11) is 0. The highest BCUT2D eigenvalue weighted by atomic mass is 35.5. The number of halogens is 1. The van der Waals surface area contributed by atoms with E-state index in [0.29, 0.717) is 18.0 Å². The first-order valence-corrected chi connectivity index (χ1v) is 10.7. The lowest BCUT2D eigenvalue weighted by molar-refractivity contribution is -0.137. The molecule has 1 aliphatic heterocycles.